The second-order valence-corrected chi connectivity index (χ2v) is 7.31. The lowest BCUT2D eigenvalue weighted by Gasteiger charge is -2.23. The predicted octanol–water partition coefficient (Wildman–Crippen LogP) is 4.82. The molecule has 29 heavy (non-hydrogen) atoms. The van der Waals surface area contributed by atoms with Crippen LogP contribution < -0.4 is 4.74 Å². The van der Waals surface area contributed by atoms with E-state index in [1.807, 2.05) is 57.2 Å². The van der Waals surface area contributed by atoms with Crippen molar-refractivity contribution < 1.29 is 14.1 Å². The summed E-state index contributed by atoms with van der Waals surface area (Å²) < 4.78 is 11.3. The van der Waals surface area contributed by atoms with Crippen LogP contribution in [0.15, 0.2) is 47.0 Å². The van der Waals surface area contributed by atoms with E-state index in [2.05, 4.69) is 10.1 Å². The van der Waals surface area contributed by atoms with Crippen LogP contribution in [0.5, 0.6) is 5.75 Å². The third kappa shape index (κ3) is 4.77. The molecule has 0 aliphatic rings. The molecule has 6 nitrogen and oxygen atoms in total. The highest BCUT2D eigenvalue weighted by molar-refractivity contribution is 6.33. The van der Waals surface area contributed by atoms with Gasteiger partial charge in [0.15, 0.2) is 6.10 Å². The van der Waals surface area contributed by atoms with Crippen molar-refractivity contribution in [3.8, 4) is 17.1 Å². The van der Waals surface area contributed by atoms with Crippen molar-refractivity contribution in [1.29, 1.82) is 0 Å². The predicted molar refractivity (Wildman–Crippen MR) is 112 cm³/mol. The molecule has 0 saturated heterocycles. The third-order valence-electron chi connectivity index (χ3n) is 4.80. The van der Waals surface area contributed by atoms with E-state index in [0.29, 0.717) is 28.7 Å². The van der Waals surface area contributed by atoms with Crippen LogP contribution in [-0.4, -0.2) is 34.1 Å². The van der Waals surface area contributed by atoms with Crippen LogP contribution >= 0.6 is 11.6 Å². The zero-order valence-electron chi connectivity index (χ0n) is 17.0. The molecule has 0 bridgehead atoms. The fraction of sp³-hybridized carbons (Fsp3) is 0.318. The van der Waals surface area contributed by atoms with Crippen LogP contribution in [0.3, 0.4) is 0 Å². The Morgan fingerprint density at radius 1 is 1.21 bits per heavy atom. The molecule has 0 unspecified atom stereocenters. The number of amides is 1. The van der Waals surface area contributed by atoms with Crippen molar-refractivity contribution in [2.75, 3.05) is 7.05 Å². The minimum atomic E-state index is -0.591. The Balaban J connectivity index is 1.69. The normalized spacial score (nSPS) is 11.9. The van der Waals surface area contributed by atoms with Gasteiger partial charge < -0.3 is 14.2 Å². The van der Waals surface area contributed by atoms with E-state index in [4.69, 9.17) is 20.9 Å². The number of halogens is 1. The number of benzene rings is 2. The quantitative estimate of drug-likeness (QED) is 0.555. The molecule has 3 aromatic rings. The molecule has 0 radical (unpaired) electrons. The van der Waals surface area contributed by atoms with Crippen molar-refractivity contribution in [2.24, 2.45) is 0 Å². The van der Waals surface area contributed by atoms with Crippen LogP contribution in [0.1, 0.15) is 30.4 Å². The molecule has 1 atom stereocenters. The summed E-state index contributed by atoms with van der Waals surface area (Å²) in [5.41, 5.74) is 2.83. The Labute approximate surface area is 175 Å². The molecule has 0 spiro atoms. The SMILES string of the molecule is CC[C@@H](Oc1cccc(C)c1C)C(=O)N(C)Cc1nc(-c2ccccc2Cl)no1. The van der Waals surface area contributed by atoms with Gasteiger partial charge in [-0.05, 0) is 49.6 Å². The zero-order chi connectivity index (χ0) is 21.0. The molecular weight excluding hydrogens is 390 g/mol. The molecule has 152 valence electrons. The van der Waals surface area contributed by atoms with Crippen molar-refractivity contribution in [1.82, 2.24) is 15.0 Å². The zero-order valence-corrected chi connectivity index (χ0v) is 17.7. The molecule has 0 aliphatic carbocycles. The molecule has 3 rings (SSSR count). The first-order chi connectivity index (χ1) is 13.9. The van der Waals surface area contributed by atoms with Gasteiger partial charge in [-0.15, -0.1) is 0 Å². The molecule has 2 aromatic carbocycles. The number of aromatic nitrogens is 2. The molecule has 1 heterocycles. The Bertz CT molecular complexity index is 1000. The average Bonchev–Trinajstić information content (AvgIpc) is 3.17. The number of aryl methyl sites for hydroxylation is 1. The van der Waals surface area contributed by atoms with Gasteiger partial charge in [0.2, 0.25) is 11.7 Å². The van der Waals surface area contributed by atoms with Gasteiger partial charge in [-0.3, -0.25) is 4.79 Å². The molecule has 1 aromatic heterocycles. The number of nitrogens with zero attached hydrogens (tertiary/aromatic N) is 3. The minimum Gasteiger partial charge on any atom is -0.480 e. The van der Waals surface area contributed by atoms with Crippen molar-refractivity contribution in [2.45, 2.75) is 39.8 Å². The van der Waals surface area contributed by atoms with E-state index in [1.165, 1.54) is 4.90 Å². The van der Waals surface area contributed by atoms with Crippen LogP contribution in [-0.2, 0) is 11.3 Å². The molecule has 0 N–H and O–H groups in total. The van der Waals surface area contributed by atoms with Crippen LogP contribution in [0.25, 0.3) is 11.4 Å². The van der Waals surface area contributed by atoms with Gasteiger partial charge >= 0.3 is 0 Å². The molecule has 0 aliphatic heterocycles. The van der Waals surface area contributed by atoms with Gasteiger partial charge in [0.1, 0.15) is 5.75 Å². The van der Waals surface area contributed by atoms with Gasteiger partial charge in [-0.25, -0.2) is 0 Å². The number of ether oxygens (including phenoxy) is 1. The summed E-state index contributed by atoms with van der Waals surface area (Å²) in [6.07, 6.45) is -0.0444. The molecule has 0 saturated carbocycles. The standard InChI is InChI=1S/C22H24ClN3O3/c1-5-18(28-19-12-8-9-14(2)15(19)3)22(27)26(4)13-20-24-21(25-29-20)16-10-6-7-11-17(16)23/h6-12,18H,5,13H2,1-4H3/t18-/m1/s1. The Morgan fingerprint density at radius 3 is 2.69 bits per heavy atom. The van der Waals surface area contributed by atoms with Gasteiger partial charge in [0.05, 0.1) is 11.6 Å². The maximum absolute atomic E-state index is 12.9. The van der Waals surface area contributed by atoms with Crippen molar-refractivity contribution in [3.05, 3.63) is 64.5 Å². The van der Waals surface area contributed by atoms with E-state index in [9.17, 15) is 4.79 Å². The minimum absolute atomic E-state index is 0.147. The van der Waals surface area contributed by atoms with E-state index in [1.54, 1.807) is 13.1 Å². The lowest BCUT2D eigenvalue weighted by Crippen LogP contribution is -2.39. The lowest BCUT2D eigenvalue weighted by atomic mass is 10.1. The van der Waals surface area contributed by atoms with Crippen molar-refractivity contribution in [3.63, 3.8) is 0 Å². The third-order valence-corrected chi connectivity index (χ3v) is 5.13. The van der Waals surface area contributed by atoms with E-state index in [-0.39, 0.29) is 12.5 Å². The van der Waals surface area contributed by atoms with Gasteiger partial charge in [-0.1, -0.05) is 47.9 Å². The van der Waals surface area contributed by atoms with Gasteiger partial charge in [0.25, 0.3) is 5.91 Å². The average molecular weight is 414 g/mol. The summed E-state index contributed by atoms with van der Waals surface area (Å²) in [7, 11) is 1.69. The first-order valence-corrected chi connectivity index (χ1v) is 9.83. The fourth-order valence-electron chi connectivity index (χ4n) is 2.91. The maximum Gasteiger partial charge on any atom is 0.263 e. The van der Waals surface area contributed by atoms with E-state index < -0.39 is 6.10 Å². The Kier molecular flexibility index (Phi) is 6.54. The lowest BCUT2D eigenvalue weighted by molar-refractivity contribution is -0.138. The van der Waals surface area contributed by atoms with Gasteiger partial charge in [0, 0.05) is 12.6 Å². The summed E-state index contributed by atoms with van der Waals surface area (Å²) in [6.45, 7) is 6.11. The summed E-state index contributed by atoms with van der Waals surface area (Å²) in [4.78, 5) is 18.8. The molecule has 7 heteroatoms. The largest absolute Gasteiger partial charge is 0.480 e. The van der Waals surface area contributed by atoms with E-state index in [0.717, 1.165) is 16.9 Å². The first-order valence-electron chi connectivity index (χ1n) is 9.46. The fourth-order valence-corrected chi connectivity index (χ4v) is 3.13. The number of hydrogen-bond acceptors (Lipinski definition) is 5. The molecule has 0 fully saturated rings. The topological polar surface area (TPSA) is 68.5 Å². The number of carbonyl (C=O) groups excluding carboxylic acids is 1. The number of likely N-dealkylation sites (N-methyl/N-ethyl adjacent to an activating group) is 1. The van der Waals surface area contributed by atoms with Gasteiger partial charge in [-0.2, -0.15) is 4.98 Å². The molecular formula is C22H24ClN3O3. The summed E-state index contributed by atoms with van der Waals surface area (Å²) in [5, 5.41) is 4.51. The second-order valence-electron chi connectivity index (χ2n) is 6.90. The highest BCUT2D eigenvalue weighted by Crippen LogP contribution is 2.25. The second kappa shape index (κ2) is 9.09. The summed E-state index contributed by atoms with van der Waals surface area (Å²) in [5.74, 6) is 1.30. The number of hydrogen-bond donors (Lipinski definition) is 0. The number of rotatable bonds is 7. The van der Waals surface area contributed by atoms with Crippen molar-refractivity contribution >= 4 is 17.5 Å². The maximum atomic E-state index is 12.9. The summed E-state index contributed by atoms with van der Waals surface area (Å²) in [6, 6.07) is 13.1. The molecule has 1 amide bonds. The Hall–Kier alpha value is -2.86. The first kappa shape index (κ1) is 20.9. The van der Waals surface area contributed by atoms with E-state index >= 15 is 0 Å². The van der Waals surface area contributed by atoms with Crippen LogP contribution in [0.4, 0.5) is 0 Å². The smallest absolute Gasteiger partial charge is 0.263 e. The summed E-state index contributed by atoms with van der Waals surface area (Å²) >= 11 is 6.18. The van der Waals surface area contributed by atoms with Crippen LogP contribution in [0, 0.1) is 13.8 Å². The van der Waals surface area contributed by atoms with Crippen LogP contribution in [0.2, 0.25) is 5.02 Å². The highest BCUT2D eigenvalue weighted by Gasteiger charge is 2.25. The monoisotopic (exact) mass is 413 g/mol. The highest BCUT2D eigenvalue weighted by atomic mass is 35.5. The Morgan fingerprint density at radius 2 is 1.97 bits per heavy atom. The number of carbonyl (C=O) groups is 1.